The summed E-state index contributed by atoms with van der Waals surface area (Å²) in [7, 11) is 0. The van der Waals surface area contributed by atoms with Gasteiger partial charge in [-0.3, -0.25) is 5.32 Å². The Labute approximate surface area is 193 Å². The van der Waals surface area contributed by atoms with Gasteiger partial charge in [-0.1, -0.05) is 18.2 Å². The number of para-hydroxylation sites is 1. The van der Waals surface area contributed by atoms with Gasteiger partial charge < -0.3 is 24.6 Å². The first-order chi connectivity index (χ1) is 16.1. The van der Waals surface area contributed by atoms with Crippen LogP contribution in [0.3, 0.4) is 0 Å². The van der Waals surface area contributed by atoms with Crippen molar-refractivity contribution in [1.82, 2.24) is 15.3 Å². The Kier molecular flexibility index (Phi) is 6.41. The summed E-state index contributed by atoms with van der Waals surface area (Å²) in [4.78, 5) is 11.9. The first-order valence-electron chi connectivity index (χ1n) is 11.6. The standard InChI is InChI=1S/C25H30N4O4/c1-16-8-9-19-21(13-16)27-23(20-6-2-3-7-22(20)30)28-24(19)29-11-4-5-17(14-29)26-25(31)33-18-10-12-32-15-18/h2-3,6-9,13,17-18,25-26,30-31H,4-5,10-12,14-15H2,1H3/t17-,18+,25?/m0/s1. The molecule has 3 aromatic rings. The molecule has 0 spiro atoms. The van der Waals surface area contributed by atoms with Gasteiger partial charge in [-0.15, -0.1) is 0 Å². The fourth-order valence-electron chi connectivity index (χ4n) is 4.60. The molecule has 2 aliphatic heterocycles. The lowest BCUT2D eigenvalue weighted by atomic mass is 10.0. The number of fused-ring (bicyclic) bond motifs is 1. The van der Waals surface area contributed by atoms with Gasteiger partial charge in [0.2, 0.25) is 6.41 Å². The van der Waals surface area contributed by atoms with Crippen molar-refractivity contribution in [2.24, 2.45) is 0 Å². The molecule has 3 atom stereocenters. The number of phenols is 1. The second-order valence-corrected chi connectivity index (χ2v) is 8.83. The van der Waals surface area contributed by atoms with Crippen LogP contribution in [0.1, 0.15) is 24.8 Å². The Hall–Kier alpha value is -2.78. The highest BCUT2D eigenvalue weighted by Crippen LogP contribution is 2.33. The van der Waals surface area contributed by atoms with Crippen LogP contribution in [0.4, 0.5) is 5.82 Å². The molecule has 1 unspecified atom stereocenters. The molecule has 1 aromatic heterocycles. The molecule has 33 heavy (non-hydrogen) atoms. The molecule has 0 amide bonds. The third kappa shape index (κ3) is 4.94. The lowest BCUT2D eigenvalue weighted by Gasteiger charge is -2.36. The highest BCUT2D eigenvalue weighted by atomic mass is 16.6. The Morgan fingerprint density at radius 1 is 1.18 bits per heavy atom. The first-order valence-corrected chi connectivity index (χ1v) is 11.6. The normalized spacial score (nSPS) is 22.1. The molecule has 0 radical (unpaired) electrons. The topological polar surface area (TPSA) is 100.0 Å². The SMILES string of the molecule is Cc1ccc2c(N3CCC[C@H](NC(O)O[C@@H]4CCOC4)C3)nc(-c3ccccc3O)nc2c1. The zero-order valence-electron chi connectivity index (χ0n) is 18.8. The van der Waals surface area contributed by atoms with Crippen molar-refractivity contribution in [2.45, 2.75) is 44.7 Å². The summed E-state index contributed by atoms with van der Waals surface area (Å²) >= 11 is 0. The van der Waals surface area contributed by atoms with E-state index in [1.165, 1.54) is 0 Å². The maximum absolute atomic E-state index is 10.4. The number of ether oxygens (including phenoxy) is 2. The minimum absolute atomic E-state index is 0.0557. The number of benzene rings is 2. The number of aromatic hydroxyl groups is 1. The van der Waals surface area contributed by atoms with Crippen molar-refractivity contribution in [3.05, 3.63) is 48.0 Å². The lowest BCUT2D eigenvalue weighted by molar-refractivity contribution is -0.158. The van der Waals surface area contributed by atoms with E-state index in [9.17, 15) is 10.2 Å². The predicted octanol–water partition coefficient (Wildman–Crippen LogP) is 2.95. The summed E-state index contributed by atoms with van der Waals surface area (Å²) in [5, 5.41) is 25.0. The van der Waals surface area contributed by atoms with Crippen molar-refractivity contribution >= 4 is 16.7 Å². The average molecular weight is 451 g/mol. The van der Waals surface area contributed by atoms with Crippen molar-refractivity contribution in [3.8, 4) is 17.1 Å². The van der Waals surface area contributed by atoms with E-state index in [1.54, 1.807) is 12.1 Å². The van der Waals surface area contributed by atoms with E-state index in [2.05, 4.69) is 22.3 Å². The fourth-order valence-corrected chi connectivity index (χ4v) is 4.60. The third-order valence-corrected chi connectivity index (χ3v) is 6.29. The number of aliphatic hydroxyl groups excluding tert-OH is 1. The second-order valence-electron chi connectivity index (χ2n) is 8.83. The number of nitrogens with one attached hydrogen (secondary N) is 1. The third-order valence-electron chi connectivity index (χ3n) is 6.29. The van der Waals surface area contributed by atoms with Gasteiger partial charge in [-0.2, -0.15) is 0 Å². The smallest absolute Gasteiger partial charge is 0.214 e. The molecular weight excluding hydrogens is 420 g/mol. The molecule has 174 valence electrons. The molecule has 0 saturated carbocycles. The fraction of sp³-hybridized carbons (Fsp3) is 0.440. The van der Waals surface area contributed by atoms with Crippen LogP contribution in [-0.4, -0.2) is 65.0 Å². The molecule has 0 bridgehead atoms. The maximum Gasteiger partial charge on any atom is 0.214 e. The van der Waals surface area contributed by atoms with E-state index in [0.717, 1.165) is 48.1 Å². The number of aromatic nitrogens is 2. The predicted molar refractivity (Wildman–Crippen MR) is 126 cm³/mol. The summed E-state index contributed by atoms with van der Waals surface area (Å²) in [6, 6.07) is 13.4. The van der Waals surface area contributed by atoms with Crippen LogP contribution in [0.15, 0.2) is 42.5 Å². The average Bonchev–Trinajstić information content (AvgIpc) is 3.31. The second kappa shape index (κ2) is 9.61. The quantitative estimate of drug-likeness (QED) is 0.493. The molecule has 3 heterocycles. The van der Waals surface area contributed by atoms with Crippen molar-refractivity contribution < 1.29 is 19.7 Å². The number of hydrogen-bond donors (Lipinski definition) is 3. The van der Waals surface area contributed by atoms with Gasteiger partial charge in [0.1, 0.15) is 11.6 Å². The largest absolute Gasteiger partial charge is 0.507 e. The molecule has 0 aliphatic carbocycles. The van der Waals surface area contributed by atoms with Crippen LogP contribution in [0.2, 0.25) is 0 Å². The van der Waals surface area contributed by atoms with Gasteiger partial charge in [0, 0.05) is 31.1 Å². The van der Waals surface area contributed by atoms with E-state index < -0.39 is 6.41 Å². The van der Waals surface area contributed by atoms with Gasteiger partial charge in [-0.05, 0) is 56.0 Å². The van der Waals surface area contributed by atoms with Crippen LogP contribution in [0.25, 0.3) is 22.3 Å². The Bertz CT molecular complexity index is 1120. The molecule has 5 rings (SSSR count). The molecular formula is C25H30N4O4. The van der Waals surface area contributed by atoms with E-state index in [-0.39, 0.29) is 17.9 Å². The Morgan fingerprint density at radius 3 is 2.88 bits per heavy atom. The van der Waals surface area contributed by atoms with Crippen LogP contribution in [0, 0.1) is 6.92 Å². The molecule has 8 nitrogen and oxygen atoms in total. The molecule has 2 fully saturated rings. The summed E-state index contributed by atoms with van der Waals surface area (Å²) in [5.41, 5.74) is 2.57. The monoisotopic (exact) mass is 450 g/mol. The van der Waals surface area contributed by atoms with Gasteiger partial charge in [0.05, 0.1) is 23.8 Å². The molecule has 2 aliphatic rings. The van der Waals surface area contributed by atoms with Crippen molar-refractivity contribution in [2.75, 3.05) is 31.2 Å². The number of piperidine rings is 1. The Balaban J connectivity index is 1.42. The van der Waals surface area contributed by atoms with Crippen LogP contribution in [-0.2, 0) is 9.47 Å². The summed E-state index contributed by atoms with van der Waals surface area (Å²) in [6.45, 7) is 4.78. The lowest BCUT2D eigenvalue weighted by Crippen LogP contribution is -2.51. The zero-order chi connectivity index (χ0) is 22.8. The molecule has 2 saturated heterocycles. The number of rotatable bonds is 6. The number of anilines is 1. The van der Waals surface area contributed by atoms with Crippen LogP contribution >= 0.6 is 0 Å². The Morgan fingerprint density at radius 2 is 2.06 bits per heavy atom. The number of aryl methyl sites for hydroxylation is 1. The maximum atomic E-state index is 10.4. The van der Waals surface area contributed by atoms with E-state index in [4.69, 9.17) is 19.4 Å². The minimum Gasteiger partial charge on any atom is -0.507 e. The van der Waals surface area contributed by atoms with Crippen LogP contribution < -0.4 is 10.2 Å². The summed E-state index contributed by atoms with van der Waals surface area (Å²) < 4.78 is 11.0. The van der Waals surface area contributed by atoms with Gasteiger partial charge in [0.15, 0.2) is 5.82 Å². The summed E-state index contributed by atoms with van der Waals surface area (Å²) in [5.74, 6) is 1.50. The molecule has 2 aromatic carbocycles. The van der Waals surface area contributed by atoms with E-state index >= 15 is 0 Å². The van der Waals surface area contributed by atoms with Gasteiger partial charge in [-0.25, -0.2) is 9.97 Å². The number of nitrogens with zero attached hydrogens (tertiary/aromatic N) is 3. The first kappa shape index (κ1) is 22.0. The highest BCUT2D eigenvalue weighted by molar-refractivity contribution is 5.92. The number of hydrogen-bond acceptors (Lipinski definition) is 8. The minimum atomic E-state index is -1.02. The van der Waals surface area contributed by atoms with Crippen LogP contribution in [0.5, 0.6) is 5.75 Å². The number of aliphatic hydroxyl groups is 1. The number of phenolic OH excluding ortho intramolecular Hbond substituents is 1. The zero-order valence-corrected chi connectivity index (χ0v) is 18.8. The van der Waals surface area contributed by atoms with Gasteiger partial charge >= 0.3 is 0 Å². The van der Waals surface area contributed by atoms with E-state index in [1.807, 2.05) is 25.1 Å². The van der Waals surface area contributed by atoms with Crippen molar-refractivity contribution in [1.29, 1.82) is 0 Å². The molecule has 3 N–H and O–H groups in total. The van der Waals surface area contributed by atoms with Gasteiger partial charge in [0.25, 0.3) is 0 Å². The van der Waals surface area contributed by atoms with E-state index in [0.29, 0.717) is 31.1 Å². The molecule has 8 heteroatoms. The highest BCUT2D eigenvalue weighted by Gasteiger charge is 2.27. The van der Waals surface area contributed by atoms with Crippen molar-refractivity contribution in [3.63, 3.8) is 0 Å². The summed E-state index contributed by atoms with van der Waals surface area (Å²) in [6.07, 6.45) is 1.61.